The molecule has 0 saturated heterocycles. The van der Waals surface area contributed by atoms with Crippen LogP contribution < -0.4 is 11.1 Å². The molecule has 1 rings (SSSR count). The Kier molecular flexibility index (Phi) is 4.91. The second-order valence-corrected chi connectivity index (χ2v) is 4.52. The Bertz CT molecular complexity index is 482. The first-order valence-electron chi connectivity index (χ1n) is 6.18. The van der Waals surface area contributed by atoms with Gasteiger partial charge in [0.15, 0.2) is 0 Å². The molecule has 19 heavy (non-hydrogen) atoms. The number of nitrogens with two attached hydrogens (primary N) is 1. The molecule has 1 unspecified atom stereocenters. The van der Waals surface area contributed by atoms with E-state index >= 15 is 0 Å². The van der Waals surface area contributed by atoms with Crippen molar-refractivity contribution in [2.45, 2.75) is 39.2 Å². The molecule has 0 aromatic carbocycles. The molecule has 0 aliphatic rings. The highest BCUT2D eigenvalue weighted by Gasteiger charge is 2.21. The highest BCUT2D eigenvalue weighted by atomic mass is 16.4. The highest BCUT2D eigenvalue weighted by molar-refractivity contribution is 5.99. The van der Waals surface area contributed by atoms with E-state index in [1.54, 1.807) is 14.0 Å². The summed E-state index contributed by atoms with van der Waals surface area (Å²) in [7, 11) is 1.69. The number of aromatic nitrogens is 2. The number of rotatable bonds is 7. The first-order valence-corrected chi connectivity index (χ1v) is 6.18. The number of nitrogens with one attached hydrogen (secondary N) is 1. The largest absolute Gasteiger partial charge is 0.481 e. The van der Waals surface area contributed by atoms with E-state index < -0.39 is 11.9 Å². The molecule has 0 bridgehead atoms. The van der Waals surface area contributed by atoms with Crippen LogP contribution in [0.2, 0.25) is 0 Å². The van der Waals surface area contributed by atoms with Crippen molar-refractivity contribution < 1.29 is 14.7 Å². The fourth-order valence-electron chi connectivity index (χ4n) is 2.10. The Labute approximate surface area is 111 Å². The van der Waals surface area contributed by atoms with Gasteiger partial charge in [-0.15, -0.1) is 0 Å². The number of primary amides is 1. The van der Waals surface area contributed by atoms with Crippen LogP contribution in [0.4, 0.5) is 5.82 Å². The third kappa shape index (κ3) is 3.70. The number of amides is 1. The Morgan fingerprint density at radius 3 is 2.63 bits per heavy atom. The quantitative estimate of drug-likeness (QED) is 0.680. The zero-order valence-electron chi connectivity index (χ0n) is 11.4. The van der Waals surface area contributed by atoms with Crippen molar-refractivity contribution in [2.75, 3.05) is 5.32 Å². The highest BCUT2D eigenvalue weighted by Crippen LogP contribution is 2.20. The van der Waals surface area contributed by atoms with Crippen LogP contribution >= 0.6 is 0 Å². The van der Waals surface area contributed by atoms with Crippen LogP contribution in [0.3, 0.4) is 0 Å². The van der Waals surface area contributed by atoms with E-state index in [0.29, 0.717) is 23.5 Å². The van der Waals surface area contributed by atoms with E-state index in [1.807, 2.05) is 6.92 Å². The first kappa shape index (κ1) is 15.0. The van der Waals surface area contributed by atoms with Crippen molar-refractivity contribution in [3.05, 3.63) is 11.3 Å². The molecule has 0 radical (unpaired) electrons. The fourth-order valence-corrected chi connectivity index (χ4v) is 2.10. The molecule has 1 amide bonds. The third-order valence-corrected chi connectivity index (χ3v) is 2.87. The van der Waals surface area contributed by atoms with Gasteiger partial charge in [0.1, 0.15) is 11.4 Å². The second kappa shape index (κ2) is 6.21. The maximum Gasteiger partial charge on any atom is 0.305 e. The molecule has 0 fully saturated rings. The summed E-state index contributed by atoms with van der Waals surface area (Å²) in [5.41, 5.74) is 6.18. The summed E-state index contributed by atoms with van der Waals surface area (Å²) in [6.45, 7) is 3.66. The predicted molar refractivity (Wildman–Crippen MR) is 71.0 cm³/mol. The number of aliphatic carboxylic acids is 1. The van der Waals surface area contributed by atoms with Gasteiger partial charge in [-0.25, -0.2) is 0 Å². The van der Waals surface area contributed by atoms with E-state index in [-0.39, 0.29) is 12.5 Å². The molecule has 1 heterocycles. The van der Waals surface area contributed by atoms with Crippen LogP contribution in [-0.4, -0.2) is 32.8 Å². The molecule has 0 aliphatic carbocycles. The lowest BCUT2D eigenvalue weighted by atomic mass is 10.1. The first-order chi connectivity index (χ1) is 8.86. The van der Waals surface area contributed by atoms with Gasteiger partial charge in [-0.1, -0.05) is 13.3 Å². The number of hydrogen-bond acceptors (Lipinski definition) is 4. The van der Waals surface area contributed by atoms with Crippen molar-refractivity contribution >= 4 is 17.7 Å². The van der Waals surface area contributed by atoms with E-state index in [9.17, 15) is 9.59 Å². The molecule has 1 atom stereocenters. The van der Waals surface area contributed by atoms with E-state index in [1.165, 1.54) is 4.68 Å². The summed E-state index contributed by atoms with van der Waals surface area (Å²) < 4.78 is 1.51. The number of carbonyl (C=O) groups excluding carboxylic acids is 1. The van der Waals surface area contributed by atoms with E-state index in [0.717, 1.165) is 6.42 Å². The molecular weight excluding hydrogens is 248 g/mol. The molecule has 0 saturated carbocycles. The van der Waals surface area contributed by atoms with Gasteiger partial charge in [-0.3, -0.25) is 14.3 Å². The summed E-state index contributed by atoms with van der Waals surface area (Å²) in [6, 6.07) is -0.254. The van der Waals surface area contributed by atoms with Gasteiger partial charge in [-0.05, 0) is 13.3 Å². The summed E-state index contributed by atoms with van der Waals surface area (Å²) in [5, 5.41) is 16.1. The zero-order chi connectivity index (χ0) is 14.6. The van der Waals surface area contributed by atoms with Gasteiger partial charge < -0.3 is 16.2 Å². The molecule has 1 aromatic rings. The average Bonchev–Trinajstić information content (AvgIpc) is 2.53. The van der Waals surface area contributed by atoms with Crippen molar-refractivity contribution in [3.8, 4) is 0 Å². The summed E-state index contributed by atoms with van der Waals surface area (Å²) in [6.07, 6.45) is 1.51. The van der Waals surface area contributed by atoms with Crippen LogP contribution in [0.1, 0.15) is 42.2 Å². The van der Waals surface area contributed by atoms with Crippen LogP contribution in [0.15, 0.2) is 0 Å². The zero-order valence-corrected chi connectivity index (χ0v) is 11.4. The second-order valence-electron chi connectivity index (χ2n) is 4.52. The van der Waals surface area contributed by atoms with Gasteiger partial charge in [0.05, 0.1) is 12.1 Å². The maximum absolute atomic E-state index is 11.4. The molecule has 7 heteroatoms. The Morgan fingerprint density at radius 1 is 1.53 bits per heavy atom. The van der Waals surface area contributed by atoms with Crippen LogP contribution in [0, 0.1) is 6.92 Å². The van der Waals surface area contributed by atoms with Crippen LogP contribution in [-0.2, 0) is 11.8 Å². The molecular formula is C12H20N4O3. The normalized spacial score (nSPS) is 12.2. The van der Waals surface area contributed by atoms with Gasteiger partial charge in [0.2, 0.25) is 0 Å². The topological polar surface area (TPSA) is 110 Å². The number of hydrogen-bond donors (Lipinski definition) is 3. The lowest BCUT2D eigenvalue weighted by Gasteiger charge is -2.18. The lowest BCUT2D eigenvalue weighted by Crippen LogP contribution is -2.26. The third-order valence-electron chi connectivity index (χ3n) is 2.87. The summed E-state index contributed by atoms with van der Waals surface area (Å²) in [5.74, 6) is -0.978. The number of carboxylic acids is 1. The monoisotopic (exact) mass is 268 g/mol. The van der Waals surface area contributed by atoms with Gasteiger partial charge in [0.25, 0.3) is 5.91 Å². The predicted octanol–water partition coefficient (Wildman–Crippen LogP) is 0.883. The SMILES string of the molecule is CCCC(CC(=O)O)Nc1c(C(N)=O)c(C)nn1C. The molecule has 1 aromatic heterocycles. The average molecular weight is 268 g/mol. The van der Waals surface area contributed by atoms with Crippen molar-refractivity contribution in [1.82, 2.24) is 9.78 Å². The Hall–Kier alpha value is -2.05. The Balaban J connectivity index is 3.01. The number of carbonyl (C=O) groups is 2. The number of anilines is 1. The van der Waals surface area contributed by atoms with Gasteiger partial charge in [-0.2, -0.15) is 5.10 Å². The van der Waals surface area contributed by atoms with E-state index in [2.05, 4.69) is 10.4 Å². The van der Waals surface area contributed by atoms with E-state index in [4.69, 9.17) is 10.8 Å². The van der Waals surface area contributed by atoms with Crippen molar-refractivity contribution in [2.24, 2.45) is 12.8 Å². The fraction of sp³-hybridized carbons (Fsp3) is 0.583. The van der Waals surface area contributed by atoms with Gasteiger partial charge in [0, 0.05) is 13.1 Å². The maximum atomic E-state index is 11.4. The molecule has 7 nitrogen and oxygen atoms in total. The standard InChI is InChI=1S/C12H20N4O3/c1-4-5-8(6-9(17)18)14-12-10(11(13)19)7(2)15-16(12)3/h8,14H,4-6H2,1-3H3,(H2,13,19)(H,17,18). The number of nitrogens with zero attached hydrogens (tertiary/aromatic N) is 2. The van der Waals surface area contributed by atoms with Crippen LogP contribution in [0.25, 0.3) is 0 Å². The summed E-state index contributed by atoms with van der Waals surface area (Å²) >= 11 is 0. The Morgan fingerprint density at radius 2 is 2.16 bits per heavy atom. The van der Waals surface area contributed by atoms with Crippen LogP contribution in [0.5, 0.6) is 0 Å². The number of aryl methyl sites for hydroxylation is 2. The lowest BCUT2D eigenvalue weighted by molar-refractivity contribution is -0.137. The van der Waals surface area contributed by atoms with Crippen molar-refractivity contribution in [1.29, 1.82) is 0 Å². The molecule has 0 spiro atoms. The minimum Gasteiger partial charge on any atom is -0.481 e. The number of carboxylic acid groups (broad SMARTS) is 1. The molecule has 106 valence electrons. The van der Waals surface area contributed by atoms with Crippen molar-refractivity contribution in [3.63, 3.8) is 0 Å². The minimum absolute atomic E-state index is 0.0176. The molecule has 4 N–H and O–H groups in total. The molecule has 0 aliphatic heterocycles. The smallest absolute Gasteiger partial charge is 0.305 e. The summed E-state index contributed by atoms with van der Waals surface area (Å²) in [4.78, 5) is 22.3. The minimum atomic E-state index is -0.884. The van der Waals surface area contributed by atoms with Gasteiger partial charge >= 0.3 is 5.97 Å².